The Morgan fingerprint density at radius 3 is 2.67 bits per heavy atom. The fraction of sp³-hybridized carbons (Fsp3) is 0.143. The molecule has 0 saturated heterocycles. The molecule has 2 aromatic carbocycles. The summed E-state index contributed by atoms with van der Waals surface area (Å²) in [5.41, 5.74) is 0.538. The first-order valence-electron chi connectivity index (χ1n) is 5.42. The number of alkyl halides is 1. The highest BCUT2D eigenvalue weighted by atomic mass is 35.5. The molecule has 0 aliphatic rings. The van der Waals surface area contributed by atoms with Crippen molar-refractivity contribution in [3.8, 4) is 5.75 Å². The molecule has 2 rings (SSSR count). The van der Waals surface area contributed by atoms with Crippen molar-refractivity contribution in [1.29, 1.82) is 0 Å². The molecule has 0 fully saturated rings. The number of fused-ring (bicyclic) bond motifs is 1. The molecule has 0 amide bonds. The smallest absolute Gasteiger partial charge is 0.308 e. The van der Waals surface area contributed by atoms with Gasteiger partial charge in [0.25, 0.3) is 0 Å². The van der Waals surface area contributed by atoms with Crippen LogP contribution in [0.5, 0.6) is 5.75 Å². The van der Waals surface area contributed by atoms with E-state index in [1.54, 1.807) is 30.3 Å². The third-order valence-electron chi connectivity index (χ3n) is 2.54. The van der Waals surface area contributed by atoms with E-state index >= 15 is 0 Å². The lowest BCUT2D eigenvalue weighted by atomic mass is 10.0. The normalized spacial score (nSPS) is 10.3. The molecule has 3 nitrogen and oxygen atoms in total. The standard InChI is InChI=1S/C14H11ClO3/c1-9(16)18-11-6-5-10-3-2-4-12(13(10)7-11)14(17)8-15/h2-7H,8H2,1H3. The first-order chi connectivity index (χ1) is 8.61. The molecule has 0 aliphatic heterocycles. The maximum atomic E-state index is 11.7. The molecule has 0 atom stereocenters. The van der Waals surface area contributed by atoms with Crippen molar-refractivity contribution in [2.24, 2.45) is 0 Å². The van der Waals surface area contributed by atoms with Gasteiger partial charge in [-0.15, -0.1) is 11.6 Å². The van der Waals surface area contributed by atoms with Gasteiger partial charge in [-0.2, -0.15) is 0 Å². The van der Waals surface area contributed by atoms with Crippen LogP contribution >= 0.6 is 11.6 Å². The maximum Gasteiger partial charge on any atom is 0.308 e. The topological polar surface area (TPSA) is 43.4 Å². The minimum atomic E-state index is -0.393. The second kappa shape index (κ2) is 5.19. The summed E-state index contributed by atoms with van der Waals surface area (Å²) >= 11 is 5.58. The molecular weight excluding hydrogens is 252 g/mol. The summed E-state index contributed by atoms with van der Waals surface area (Å²) < 4.78 is 5.01. The second-order valence-electron chi connectivity index (χ2n) is 3.84. The number of hydrogen-bond donors (Lipinski definition) is 0. The summed E-state index contributed by atoms with van der Waals surface area (Å²) in [7, 11) is 0. The Labute approximate surface area is 109 Å². The molecule has 0 radical (unpaired) electrons. The highest BCUT2D eigenvalue weighted by molar-refractivity contribution is 6.32. The Kier molecular flexibility index (Phi) is 3.63. The first kappa shape index (κ1) is 12.6. The van der Waals surface area contributed by atoms with Crippen LogP contribution < -0.4 is 4.74 Å². The lowest BCUT2D eigenvalue weighted by Gasteiger charge is -2.06. The van der Waals surface area contributed by atoms with Crippen molar-refractivity contribution < 1.29 is 14.3 Å². The van der Waals surface area contributed by atoms with Gasteiger partial charge in [0.1, 0.15) is 5.75 Å². The van der Waals surface area contributed by atoms with Crippen LogP contribution in [-0.4, -0.2) is 17.6 Å². The fourth-order valence-electron chi connectivity index (χ4n) is 1.80. The summed E-state index contributed by atoms with van der Waals surface area (Å²) in [6.45, 7) is 1.33. The zero-order valence-corrected chi connectivity index (χ0v) is 10.5. The van der Waals surface area contributed by atoms with Crippen molar-refractivity contribution in [3.63, 3.8) is 0 Å². The molecule has 0 bridgehead atoms. The molecule has 0 saturated carbocycles. The third kappa shape index (κ3) is 2.51. The predicted molar refractivity (Wildman–Crippen MR) is 70.3 cm³/mol. The second-order valence-corrected chi connectivity index (χ2v) is 4.11. The summed E-state index contributed by atoms with van der Waals surface area (Å²) in [5, 5.41) is 1.64. The molecule has 0 aliphatic carbocycles. The van der Waals surface area contributed by atoms with Crippen LogP contribution in [0.3, 0.4) is 0 Å². The maximum absolute atomic E-state index is 11.7. The summed E-state index contributed by atoms with van der Waals surface area (Å²) in [6.07, 6.45) is 0. The van der Waals surface area contributed by atoms with Crippen LogP contribution in [0.25, 0.3) is 10.8 Å². The van der Waals surface area contributed by atoms with Crippen LogP contribution in [0.15, 0.2) is 36.4 Å². The van der Waals surface area contributed by atoms with Crippen molar-refractivity contribution in [3.05, 3.63) is 42.0 Å². The Morgan fingerprint density at radius 2 is 2.00 bits per heavy atom. The number of carbonyl (C=O) groups is 2. The van der Waals surface area contributed by atoms with Crippen molar-refractivity contribution in [2.75, 3.05) is 5.88 Å². The van der Waals surface area contributed by atoms with Crippen molar-refractivity contribution in [1.82, 2.24) is 0 Å². The molecule has 0 unspecified atom stereocenters. The Morgan fingerprint density at radius 1 is 1.22 bits per heavy atom. The van der Waals surface area contributed by atoms with Gasteiger partial charge in [0.05, 0.1) is 5.88 Å². The average molecular weight is 263 g/mol. The summed E-state index contributed by atoms with van der Waals surface area (Å²) in [6, 6.07) is 10.6. The SMILES string of the molecule is CC(=O)Oc1ccc2cccc(C(=O)CCl)c2c1. The summed E-state index contributed by atoms with van der Waals surface area (Å²) in [4.78, 5) is 22.6. The number of hydrogen-bond acceptors (Lipinski definition) is 3. The van der Waals surface area contributed by atoms with E-state index in [1.807, 2.05) is 6.07 Å². The highest BCUT2D eigenvalue weighted by Crippen LogP contribution is 2.25. The number of rotatable bonds is 3. The molecule has 18 heavy (non-hydrogen) atoms. The van der Waals surface area contributed by atoms with Crippen LogP contribution in [0.2, 0.25) is 0 Å². The number of benzene rings is 2. The van der Waals surface area contributed by atoms with Gasteiger partial charge in [-0.05, 0) is 22.9 Å². The quantitative estimate of drug-likeness (QED) is 0.369. The van der Waals surface area contributed by atoms with Crippen LogP contribution in [0.4, 0.5) is 0 Å². The minimum Gasteiger partial charge on any atom is -0.427 e. The van der Waals surface area contributed by atoms with E-state index in [0.29, 0.717) is 11.3 Å². The predicted octanol–water partition coefficient (Wildman–Crippen LogP) is 3.19. The van der Waals surface area contributed by atoms with E-state index in [-0.39, 0.29) is 11.7 Å². The number of halogens is 1. The number of ketones is 1. The molecule has 0 heterocycles. The van der Waals surface area contributed by atoms with Gasteiger partial charge < -0.3 is 4.74 Å². The van der Waals surface area contributed by atoms with E-state index in [1.165, 1.54) is 6.92 Å². The van der Waals surface area contributed by atoms with Crippen LogP contribution in [0, 0.1) is 0 Å². The van der Waals surface area contributed by atoms with Gasteiger partial charge in [-0.3, -0.25) is 9.59 Å². The van der Waals surface area contributed by atoms with Crippen molar-refractivity contribution in [2.45, 2.75) is 6.92 Å². The molecule has 4 heteroatoms. The van der Waals surface area contributed by atoms with E-state index in [4.69, 9.17) is 16.3 Å². The zero-order chi connectivity index (χ0) is 13.1. The lowest BCUT2D eigenvalue weighted by Crippen LogP contribution is -2.03. The lowest BCUT2D eigenvalue weighted by molar-refractivity contribution is -0.131. The molecule has 2 aromatic rings. The zero-order valence-electron chi connectivity index (χ0n) is 9.77. The van der Waals surface area contributed by atoms with E-state index in [0.717, 1.165) is 10.8 Å². The van der Waals surface area contributed by atoms with E-state index in [2.05, 4.69) is 0 Å². The fourth-order valence-corrected chi connectivity index (χ4v) is 1.94. The van der Waals surface area contributed by atoms with Gasteiger partial charge in [0.2, 0.25) is 0 Å². The van der Waals surface area contributed by atoms with E-state index in [9.17, 15) is 9.59 Å². The third-order valence-corrected chi connectivity index (χ3v) is 2.78. The number of esters is 1. The van der Waals surface area contributed by atoms with Crippen molar-refractivity contribution >= 4 is 34.1 Å². The van der Waals surface area contributed by atoms with E-state index < -0.39 is 5.97 Å². The van der Waals surface area contributed by atoms with Crippen LogP contribution in [0.1, 0.15) is 17.3 Å². The molecule has 92 valence electrons. The molecule has 0 aromatic heterocycles. The Bertz CT molecular complexity index is 619. The van der Waals surface area contributed by atoms with Gasteiger partial charge in [-0.25, -0.2) is 0 Å². The van der Waals surface area contributed by atoms with Gasteiger partial charge in [-0.1, -0.05) is 24.3 Å². The number of ether oxygens (including phenoxy) is 1. The number of Topliss-reactive ketones (excluding diaryl/α,β-unsaturated/α-hetero) is 1. The molecule has 0 N–H and O–H groups in total. The van der Waals surface area contributed by atoms with Crippen LogP contribution in [-0.2, 0) is 4.79 Å². The van der Waals surface area contributed by atoms with Gasteiger partial charge >= 0.3 is 5.97 Å². The van der Waals surface area contributed by atoms with Gasteiger partial charge in [0.15, 0.2) is 5.78 Å². The molecule has 0 spiro atoms. The molecular formula is C14H11ClO3. The Balaban J connectivity index is 2.58. The first-order valence-corrected chi connectivity index (χ1v) is 5.95. The average Bonchev–Trinajstić information content (AvgIpc) is 2.36. The largest absolute Gasteiger partial charge is 0.427 e. The summed E-state index contributed by atoms with van der Waals surface area (Å²) in [5.74, 6) is -0.195. The van der Waals surface area contributed by atoms with Gasteiger partial charge in [0, 0.05) is 12.5 Å². The number of carbonyl (C=O) groups excluding carboxylic acids is 2. The monoisotopic (exact) mass is 262 g/mol. The minimum absolute atomic E-state index is 0.0725. The highest BCUT2D eigenvalue weighted by Gasteiger charge is 2.10. The Hall–Kier alpha value is -1.87.